The third-order valence-electron chi connectivity index (χ3n) is 0.840. The third-order valence-corrected chi connectivity index (χ3v) is 1.19. The predicted octanol–water partition coefficient (Wildman–Crippen LogP) is 0.749. The molecule has 0 amide bonds. The van der Waals surface area contributed by atoms with E-state index < -0.39 is 10.1 Å². The van der Waals surface area contributed by atoms with Crippen LogP contribution in [-0.4, -0.2) is 20.4 Å². The molecule has 0 aromatic rings. The Morgan fingerprint density at radius 3 is 2.40 bits per heavy atom. The molecule has 0 N–H and O–H groups in total. The topological polar surface area (TPSA) is 55.7 Å². The second-order valence-corrected chi connectivity index (χ2v) is 3.52. The normalized spacial score (nSPS) is 13.3. The van der Waals surface area contributed by atoms with Crippen LogP contribution in [0.4, 0.5) is 0 Å². The average molecular weight is 165 g/mol. The fourth-order valence-electron chi connectivity index (χ4n) is 0.196. The van der Waals surface area contributed by atoms with Crippen molar-refractivity contribution in [2.45, 2.75) is 20.3 Å². The Morgan fingerprint density at radius 2 is 2.10 bits per heavy atom. The summed E-state index contributed by atoms with van der Waals surface area (Å²) < 4.78 is 24.8. The molecule has 0 saturated heterocycles. The van der Waals surface area contributed by atoms with E-state index in [1.165, 1.54) is 0 Å². The van der Waals surface area contributed by atoms with Crippen LogP contribution in [-0.2, 0) is 14.4 Å². The van der Waals surface area contributed by atoms with Gasteiger partial charge in [0, 0.05) is 0 Å². The Balaban J connectivity index is 3.98. The van der Waals surface area contributed by atoms with Crippen LogP contribution < -0.4 is 0 Å². The number of hydrogen-bond acceptors (Lipinski definition) is 4. The molecule has 0 saturated carbocycles. The first-order valence-electron chi connectivity index (χ1n) is 2.88. The Hall–Kier alpha value is -0.580. The second kappa shape index (κ2) is 3.55. The molecule has 0 bridgehead atoms. The Labute approximate surface area is 61.0 Å². The molecule has 0 heterocycles. The molecule has 0 atom stereocenters. The fraction of sp³-hybridized carbons (Fsp3) is 0.800. The Kier molecular flexibility index (Phi) is 3.35. The SMILES string of the molecule is CCC(C)=NOS(C)(=O)=O. The van der Waals surface area contributed by atoms with Crippen LogP contribution in [0.25, 0.3) is 0 Å². The van der Waals surface area contributed by atoms with Gasteiger partial charge in [-0.3, -0.25) is 4.28 Å². The number of nitrogens with zero attached hydrogens (tertiary/aromatic N) is 1. The number of hydrogen-bond donors (Lipinski definition) is 0. The van der Waals surface area contributed by atoms with Crippen molar-refractivity contribution in [1.29, 1.82) is 0 Å². The first-order chi connectivity index (χ1) is 4.45. The van der Waals surface area contributed by atoms with Gasteiger partial charge in [0.15, 0.2) is 0 Å². The fourth-order valence-corrected chi connectivity index (χ4v) is 0.459. The van der Waals surface area contributed by atoms with E-state index in [0.29, 0.717) is 12.1 Å². The highest BCUT2D eigenvalue weighted by atomic mass is 32.2. The zero-order valence-electron chi connectivity index (χ0n) is 6.29. The summed E-state index contributed by atoms with van der Waals surface area (Å²) in [5.74, 6) is 0. The largest absolute Gasteiger partial charge is 0.325 e. The molecule has 4 nitrogen and oxygen atoms in total. The van der Waals surface area contributed by atoms with E-state index >= 15 is 0 Å². The highest BCUT2D eigenvalue weighted by molar-refractivity contribution is 7.85. The molecule has 0 fully saturated rings. The van der Waals surface area contributed by atoms with Crippen LogP contribution in [0, 0.1) is 0 Å². The summed E-state index contributed by atoms with van der Waals surface area (Å²) in [6, 6.07) is 0. The summed E-state index contributed by atoms with van der Waals surface area (Å²) in [5.41, 5.74) is 0.658. The van der Waals surface area contributed by atoms with Crippen molar-refractivity contribution in [3.05, 3.63) is 0 Å². The minimum atomic E-state index is -3.42. The molecule has 0 spiro atoms. The van der Waals surface area contributed by atoms with Gasteiger partial charge in [0.05, 0.1) is 12.0 Å². The summed E-state index contributed by atoms with van der Waals surface area (Å²) in [6.07, 6.45) is 1.65. The van der Waals surface area contributed by atoms with Crippen molar-refractivity contribution >= 4 is 15.8 Å². The van der Waals surface area contributed by atoms with Gasteiger partial charge < -0.3 is 0 Å². The first-order valence-corrected chi connectivity index (χ1v) is 4.69. The molecule has 0 aliphatic heterocycles. The molecule has 0 aliphatic rings. The van der Waals surface area contributed by atoms with Crippen LogP contribution >= 0.6 is 0 Å². The molecule has 0 aliphatic carbocycles. The lowest BCUT2D eigenvalue weighted by Crippen LogP contribution is -1.99. The summed E-state index contributed by atoms with van der Waals surface area (Å²) in [5, 5.41) is 3.34. The smallest absolute Gasteiger partial charge is 0.269 e. The van der Waals surface area contributed by atoms with Gasteiger partial charge in [-0.05, 0) is 13.3 Å². The van der Waals surface area contributed by atoms with E-state index in [2.05, 4.69) is 9.44 Å². The molecular weight excluding hydrogens is 154 g/mol. The van der Waals surface area contributed by atoms with Gasteiger partial charge in [-0.15, -0.1) is 0 Å². The summed E-state index contributed by atoms with van der Waals surface area (Å²) in [4.78, 5) is 0. The Morgan fingerprint density at radius 1 is 1.60 bits per heavy atom. The van der Waals surface area contributed by atoms with E-state index in [9.17, 15) is 8.42 Å². The molecule has 10 heavy (non-hydrogen) atoms. The summed E-state index contributed by atoms with van der Waals surface area (Å²) in [6.45, 7) is 3.57. The number of rotatable bonds is 3. The average Bonchev–Trinajstić information content (AvgIpc) is 1.81. The molecule has 0 aromatic carbocycles. The van der Waals surface area contributed by atoms with Gasteiger partial charge in [0.25, 0.3) is 0 Å². The zero-order valence-corrected chi connectivity index (χ0v) is 7.10. The molecule has 0 unspecified atom stereocenters. The third kappa shape index (κ3) is 5.55. The maximum Gasteiger partial charge on any atom is 0.325 e. The lowest BCUT2D eigenvalue weighted by Gasteiger charge is -1.94. The lowest BCUT2D eigenvalue weighted by molar-refractivity contribution is 0.342. The van der Waals surface area contributed by atoms with Gasteiger partial charge in [0.1, 0.15) is 0 Å². The predicted molar refractivity (Wildman–Crippen MR) is 39.3 cm³/mol. The van der Waals surface area contributed by atoms with Crippen LogP contribution in [0.5, 0.6) is 0 Å². The number of oxime groups is 1. The van der Waals surface area contributed by atoms with Crippen molar-refractivity contribution in [2.24, 2.45) is 5.16 Å². The van der Waals surface area contributed by atoms with Crippen LogP contribution in [0.15, 0.2) is 5.16 Å². The maximum absolute atomic E-state index is 10.3. The molecular formula is C5H11NO3S. The second-order valence-electron chi connectivity index (χ2n) is 1.96. The standard InChI is InChI=1S/C5H11NO3S/c1-4-5(2)6-9-10(3,7)8/h4H2,1-3H3. The van der Waals surface area contributed by atoms with Crippen molar-refractivity contribution < 1.29 is 12.7 Å². The molecule has 5 heteroatoms. The molecule has 60 valence electrons. The van der Waals surface area contributed by atoms with Gasteiger partial charge in [0.2, 0.25) is 0 Å². The summed E-state index contributed by atoms with van der Waals surface area (Å²) >= 11 is 0. The quantitative estimate of drug-likeness (QED) is 0.458. The monoisotopic (exact) mass is 165 g/mol. The van der Waals surface area contributed by atoms with Crippen LogP contribution in [0.1, 0.15) is 20.3 Å². The zero-order chi connectivity index (χ0) is 8.20. The van der Waals surface area contributed by atoms with Gasteiger partial charge in [-0.2, -0.15) is 8.42 Å². The van der Waals surface area contributed by atoms with E-state index in [-0.39, 0.29) is 0 Å². The Bertz CT molecular complexity index is 217. The highest BCUT2D eigenvalue weighted by Gasteiger charge is 1.98. The van der Waals surface area contributed by atoms with Crippen molar-refractivity contribution in [2.75, 3.05) is 6.26 Å². The van der Waals surface area contributed by atoms with Gasteiger partial charge in [-0.25, -0.2) is 0 Å². The molecule has 0 aromatic heterocycles. The van der Waals surface area contributed by atoms with E-state index in [0.717, 1.165) is 6.26 Å². The molecule has 0 radical (unpaired) electrons. The van der Waals surface area contributed by atoms with Crippen molar-refractivity contribution in [3.63, 3.8) is 0 Å². The van der Waals surface area contributed by atoms with Gasteiger partial charge in [-0.1, -0.05) is 12.1 Å². The minimum Gasteiger partial charge on any atom is -0.269 e. The maximum atomic E-state index is 10.3. The molecule has 0 rings (SSSR count). The van der Waals surface area contributed by atoms with Crippen molar-refractivity contribution in [1.82, 2.24) is 0 Å². The summed E-state index contributed by atoms with van der Waals surface area (Å²) in [7, 11) is -3.42. The van der Waals surface area contributed by atoms with E-state index in [1.807, 2.05) is 6.92 Å². The van der Waals surface area contributed by atoms with E-state index in [1.54, 1.807) is 6.92 Å². The van der Waals surface area contributed by atoms with E-state index in [4.69, 9.17) is 0 Å². The highest BCUT2D eigenvalue weighted by Crippen LogP contribution is 1.90. The minimum absolute atomic E-state index is 0.658. The van der Waals surface area contributed by atoms with Gasteiger partial charge >= 0.3 is 10.1 Å². The van der Waals surface area contributed by atoms with Crippen LogP contribution in [0.2, 0.25) is 0 Å². The lowest BCUT2D eigenvalue weighted by atomic mass is 10.3. The van der Waals surface area contributed by atoms with Crippen molar-refractivity contribution in [3.8, 4) is 0 Å². The first kappa shape index (κ1) is 9.42. The van der Waals surface area contributed by atoms with Crippen LogP contribution in [0.3, 0.4) is 0 Å².